The van der Waals surface area contributed by atoms with Crippen LogP contribution in [0, 0.1) is 5.92 Å². The van der Waals surface area contributed by atoms with Crippen molar-refractivity contribution in [3.05, 3.63) is 35.4 Å². The molecule has 0 saturated carbocycles. The summed E-state index contributed by atoms with van der Waals surface area (Å²) in [7, 11) is 0. The molecule has 1 rings (SSSR count). The lowest BCUT2D eigenvalue weighted by Crippen LogP contribution is -2.39. The number of benzene rings is 1. The van der Waals surface area contributed by atoms with E-state index < -0.39 is 0 Å². The van der Waals surface area contributed by atoms with E-state index >= 15 is 0 Å². The molecule has 0 unspecified atom stereocenters. The van der Waals surface area contributed by atoms with Crippen LogP contribution in [0.1, 0.15) is 44.7 Å². The minimum absolute atomic E-state index is 0.0589. The Labute approximate surface area is 128 Å². The van der Waals surface area contributed by atoms with Crippen molar-refractivity contribution in [2.45, 2.75) is 46.8 Å². The zero-order valence-corrected chi connectivity index (χ0v) is 13.5. The number of nitrogens with zero attached hydrogens (tertiary/aromatic N) is 1. The summed E-state index contributed by atoms with van der Waals surface area (Å²) < 4.78 is 0. The van der Waals surface area contributed by atoms with Crippen LogP contribution in [0.4, 0.5) is 0 Å². The van der Waals surface area contributed by atoms with Crippen LogP contribution in [0.5, 0.6) is 0 Å². The highest BCUT2D eigenvalue weighted by Gasteiger charge is 2.05. The van der Waals surface area contributed by atoms with E-state index in [0.717, 1.165) is 30.2 Å². The number of aliphatic hydroxyl groups is 1. The molecule has 0 aromatic heterocycles. The summed E-state index contributed by atoms with van der Waals surface area (Å²) in [6.45, 7) is 8.93. The molecule has 0 radical (unpaired) electrons. The number of rotatable bonds is 8. The molecule has 0 aliphatic rings. The van der Waals surface area contributed by atoms with Gasteiger partial charge in [-0.1, -0.05) is 51.0 Å². The zero-order valence-electron chi connectivity index (χ0n) is 13.5. The van der Waals surface area contributed by atoms with Crippen molar-refractivity contribution < 1.29 is 5.11 Å². The minimum Gasteiger partial charge on any atom is -0.392 e. The van der Waals surface area contributed by atoms with Crippen LogP contribution in [-0.2, 0) is 13.2 Å². The van der Waals surface area contributed by atoms with E-state index in [2.05, 4.69) is 36.4 Å². The van der Waals surface area contributed by atoms with Gasteiger partial charge in [0.2, 0.25) is 0 Å². The maximum atomic E-state index is 9.35. The van der Waals surface area contributed by atoms with Gasteiger partial charge < -0.3 is 15.7 Å². The van der Waals surface area contributed by atoms with Crippen molar-refractivity contribution in [2.24, 2.45) is 10.9 Å². The second kappa shape index (κ2) is 10.2. The quantitative estimate of drug-likeness (QED) is 0.510. The van der Waals surface area contributed by atoms with E-state index in [1.807, 2.05) is 24.3 Å². The molecular weight excluding hydrogens is 262 g/mol. The second-order valence-electron chi connectivity index (χ2n) is 5.19. The molecule has 0 saturated heterocycles. The molecule has 0 amide bonds. The first-order valence-corrected chi connectivity index (χ1v) is 7.94. The highest BCUT2D eigenvalue weighted by atomic mass is 16.3. The van der Waals surface area contributed by atoms with Crippen molar-refractivity contribution >= 4 is 5.96 Å². The number of aliphatic imine (C=N–C) groups is 1. The van der Waals surface area contributed by atoms with E-state index in [9.17, 15) is 5.11 Å². The van der Waals surface area contributed by atoms with E-state index in [-0.39, 0.29) is 6.61 Å². The topological polar surface area (TPSA) is 56.7 Å². The third kappa shape index (κ3) is 6.17. The molecule has 0 spiro atoms. The molecule has 1 aromatic rings. The fourth-order valence-corrected chi connectivity index (χ4v) is 2.19. The molecule has 0 bridgehead atoms. The summed E-state index contributed by atoms with van der Waals surface area (Å²) >= 11 is 0. The van der Waals surface area contributed by atoms with Crippen LogP contribution in [0.3, 0.4) is 0 Å². The van der Waals surface area contributed by atoms with Gasteiger partial charge in [0.05, 0.1) is 13.2 Å². The molecule has 4 nitrogen and oxygen atoms in total. The van der Waals surface area contributed by atoms with Crippen molar-refractivity contribution in [1.82, 2.24) is 10.6 Å². The smallest absolute Gasteiger partial charge is 0.191 e. The highest BCUT2D eigenvalue weighted by molar-refractivity contribution is 5.79. The van der Waals surface area contributed by atoms with Crippen molar-refractivity contribution in [3.8, 4) is 0 Å². The van der Waals surface area contributed by atoms with E-state index in [1.165, 1.54) is 12.8 Å². The Kier molecular flexibility index (Phi) is 8.51. The summed E-state index contributed by atoms with van der Waals surface area (Å²) in [5.41, 5.74) is 2.01. The summed E-state index contributed by atoms with van der Waals surface area (Å²) in [5.74, 6) is 1.52. The molecule has 1 aromatic carbocycles. The van der Waals surface area contributed by atoms with Crippen molar-refractivity contribution in [2.75, 3.05) is 13.1 Å². The second-order valence-corrected chi connectivity index (χ2v) is 5.19. The van der Waals surface area contributed by atoms with Gasteiger partial charge in [-0.25, -0.2) is 4.99 Å². The molecule has 0 fully saturated rings. The Balaban J connectivity index is 2.66. The predicted octanol–water partition coefficient (Wildman–Crippen LogP) is 2.67. The lowest BCUT2D eigenvalue weighted by molar-refractivity contribution is 0.280. The molecule has 0 heterocycles. The SMILES string of the molecule is CCNC(=NCc1ccccc1CO)NCC(CC)CC. The Morgan fingerprint density at radius 1 is 1.10 bits per heavy atom. The molecular formula is C17H29N3O. The first kappa shape index (κ1) is 17.5. The first-order valence-electron chi connectivity index (χ1n) is 7.94. The van der Waals surface area contributed by atoms with Gasteiger partial charge in [-0.3, -0.25) is 0 Å². The van der Waals surface area contributed by atoms with Gasteiger partial charge in [-0.2, -0.15) is 0 Å². The summed E-state index contributed by atoms with van der Waals surface area (Å²) in [6, 6.07) is 7.87. The van der Waals surface area contributed by atoms with Crippen LogP contribution in [0.15, 0.2) is 29.3 Å². The molecule has 21 heavy (non-hydrogen) atoms. The third-order valence-corrected chi connectivity index (χ3v) is 3.75. The lowest BCUT2D eigenvalue weighted by Gasteiger charge is -2.16. The maximum absolute atomic E-state index is 9.35. The Bertz CT molecular complexity index is 428. The summed E-state index contributed by atoms with van der Waals surface area (Å²) in [6.07, 6.45) is 2.35. The van der Waals surface area contributed by atoms with Gasteiger partial charge in [0.1, 0.15) is 0 Å². The van der Waals surface area contributed by atoms with Crippen LogP contribution < -0.4 is 10.6 Å². The van der Waals surface area contributed by atoms with Crippen LogP contribution in [0.2, 0.25) is 0 Å². The van der Waals surface area contributed by atoms with Gasteiger partial charge in [0, 0.05) is 13.1 Å². The van der Waals surface area contributed by atoms with E-state index in [4.69, 9.17) is 0 Å². The largest absolute Gasteiger partial charge is 0.392 e. The van der Waals surface area contributed by atoms with Gasteiger partial charge >= 0.3 is 0 Å². The number of aliphatic hydroxyl groups excluding tert-OH is 1. The minimum atomic E-state index is 0.0589. The average Bonchev–Trinajstić information content (AvgIpc) is 2.53. The normalized spacial score (nSPS) is 11.8. The fraction of sp³-hybridized carbons (Fsp3) is 0.588. The highest BCUT2D eigenvalue weighted by Crippen LogP contribution is 2.10. The Hall–Kier alpha value is -1.55. The van der Waals surface area contributed by atoms with Crippen molar-refractivity contribution in [1.29, 1.82) is 0 Å². The van der Waals surface area contributed by atoms with E-state index in [1.54, 1.807) is 0 Å². The summed E-state index contributed by atoms with van der Waals surface area (Å²) in [5, 5.41) is 16.0. The zero-order chi connectivity index (χ0) is 15.5. The standard InChI is InChI=1S/C17H29N3O/c1-4-14(5-2)11-19-17(18-6-3)20-12-15-9-7-8-10-16(15)13-21/h7-10,14,21H,4-6,11-13H2,1-3H3,(H2,18,19,20). The van der Waals surface area contributed by atoms with Gasteiger partial charge in [0.25, 0.3) is 0 Å². The van der Waals surface area contributed by atoms with Gasteiger partial charge in [-0.15, -0.1) is 0 Å². The molecule has 118 valence electrons. The van der Waals surface area contributed by atoms with Crippen molar-refractivity contribution in [3.63, 3.8) is 0 Å². The van der Waals surface area contributed by atoms with Crippen LogP contribution >= 0.6 is 0 Å². The fourth-order valence-electron chi connectivity index (χ4n) is 2.19. The molecule has 0 aliphatic heterocycles. The molecule has 0 atom stereocenters. The lowest BCUT2D eigenvalue weighted by atomic mass is 10.0. The average molecular weight is 291 g/mol. The Morgan fingerprint density at radius 3 is 2.33 bits per heavy atom. The van der Waals surface area contributed by atoms with Gasteiger partial charge in [-0.05, 0) is 24.0 Å². The van der Waals surface area contributed by atoms with Crippen LogP contribution in [-0.4, -0.2) is 24.2 Å². The number of nitrogens with one attached hydrogen (secondary N) is 2. The number of hydrogen-bond donors (Lipinski definition) is 3. The predicted molar refractivity (Wildman–Crippen MR) is 89.3 cm³/mol. The molecule has 0 aliphatic carbocycles. The Morgan fingerprint density at radius 2 is 1.76 bits per heavy atom. The molecule has 4 heteroatoms. The number of guanidine groups is 1. The first-order chi connectivity index (χ1) is 10.2. The van der Waals surface area contributed by atoms with E-state index in [0.29, 0.717) is 12.5 Å². The molecule has 3 N–H and O–H groups in total. The third-order valence-electron chi connectivity index (χ3n) is 3.75. The number of hydrogen-bond acceptors (Lipinski definition) is 2. The van der Waals surface area contributed by atoms with Gasteiger partial charge in [0.15, 0.2) is 5.96 Å². The maximum Gasteiger partial charge on any atom is 0.191 e. The monoisotopic (exact) mass is 291 g/mol. The summed E-state index contributed by atoms with van der Waals surface area (Å²) in [4.78, 5) is 4.62. The van der Waals surface area contributed by atoms with Crippen LogP contribution in [0.25, 0.3) is 0 Å².